The molecule has 1 fully saturated rings. The molecule has 0 saturated carbocycles. The van der Waals surface area contributed by atoms with Crippen molar-refractivity contribution < 1.29 is 32.5 Å². The molecule has 0 spiro atoms. The van der Waals surface area contributed by atoms with Crippen molar-refractivity contribution >= 4 is 11.7 Å². The molecule has 1 amide bonds. The van der Waals surface area contributed by atoms with E-state index in [1.807, 2.05) is 11.0 Å². The van der Waals surface area contributed by atoms with Crippen molar-refractivity contribution in [1.29, 1.82) is 5.26 Å². The van der Waals surface area contributed by atoms with Crippen LogP contribution in [0.15, 0.2) is 29.3 Å². The number of hydrogen-bond donors (Lipinski definition) is 2. The molecule has 188 valence electrons. The van der Waals surface area contributed by atoms with Crippen LogP contribution in [0.1, 0.15) is 17.5 Å². The average Bonchev–Trinajstić information content (AvgIpc) is 2.85. The topological polar surface area (TPSA) is 145 Å². The van der Waals surface area contributed by atoms with Crippen LogP contribution in [0.4, 0.5) is 19.0 Å². The second kappa shape index (κ2) is 11.6. The van der Waals surface area contributed by atoms with Gasteiger partial charge in [0.15, 0.2) is 11.3 Å². The summed E-state index contributed by atoms with van der Waals surface area (Å²) in [7, 11) is 0. The lowest BCUT2D eigenvalue weighted by molar-refractivity contribution is -0.141. The third-order valence-corrected chi connectivity index (χ3v) is 5.20. The van der Waals surface area contributed by atoms with Gasteiger partial charge in [-0.15, -0.1) is 0 Å². The summed E-state index contributed by atoms with van der Waals surface area (Å²) in [5.41, 5.74) is -2.56. The van der Waals surface area contributed by atoms with Crippen molar-refractivity contribution in [2.45, 2.75) is 18.7 Å². The first-order valence-corrected chi connectivity index (χ1v) is 10.6. The third-order valence-electron chi connectivity index (χ3n) is 5.20. The van der Waals surface area contributed by atoms with E-state index < -0.39 is 35.8 Å². The maximum Gasteiger partial charge on any atom is 0.425 e. The van der Waals surface area contributed by atoms with Crippen LogP contribution in [0, 0.1) is 11.3 Å². The number of aliphatic hydroxyl groups excluding tert-OH is 1. The van der Waals surface area contributed by atoms with Gasteiger partial charge in [0, 0.05) is 32.4 Å². The number of pyridine rings is 1. The second-order valence-corrected chi connectivity index (χ2v) is 7.57. The number of piperazine rings is 1. The molecule has 3 heterocycles. The van der Waals surface area contributed by atoms with Crippen molar-refractivity contribution in [3.05, 3.63) is 46.0 Å². The standard InChI is InChI=1S/C21H23F3N6O5/c22-21(23,24)19-16(11-27-28-20(19)33)35-15(12-31)13-34-8-3-18(32)30-6-4-29(5-7-30)17-2-1-14(9-25)10-26-17/h1-2,10-11,15,31H,3-8,12-13H2,(H,28,33)/t15-/m1/s1. The number of halogens is 3. The lowest BCUT2D eigenvalue weighted by Crippen LogP contribution is -2.49. The zero-order valence-corrected chi connectivity index (χ0v) is 18.5. The van der Waals surface area contributed by atoms with Crippen molar-refractivity contribution in [3.8, 4) is 11.8 Å². The van der Waals surface area contributed by atoms with E-state index in [1.165, 1.54) is 6.20 Å². The smallest absolute Gasteiger partial charge is 0.425 e. The number of nitrogens with one attached hydrogen (secondary N) is 1. The maximum atomic E-state index is 13.1. The summed E-state index contributed by atoms with van der Waals surface area (Å²) in [5, 5.41) is 23.3. The summed E-state index contributed by atoms with van der Waals surface area (Å²) in [6.07, 6.45) is -3.95. The fraction of sp³-hybridized carbons (Fsp3) is 0.476. The van der Waals surface area contributed by atoms with Crippen LogP contribution >= 0.6 is 0 Å². The Morgan fingerprint density at radius 2 is 2.00 bits per heavy atom. The van der Waals surface area contributed by atoms with E-state index in [4.69, 9.17) is 14.7 Å². The predicted molar refractivity (Wildman–Crippen MR) is 115 cm³/mol. The molecule has 0 unspecified atom stereocenters. The number of nitrogens with zero attached hydrogens (tertiary/aromatic N) is 5. The number of aromatic amines is 1. The van der Waals surface area contributed by atoms with E-state index in [9.17, 15) is 27.9 Å². The van der Waals surface area contributed by atoms with Crippen LogP contribution in [0.5, 0.6) is 5.75 Å². The molecule has 1 aliphatic rings. The molecule has 2 aromatic rings. The molecule has 14 heteroatoms. The summed E-state index contributed by atoms with van der Waals surface area (Å²) in [5.74, 6) is -0.259. The summed E-state index contributed by atoms with van der Waals surface area (Å²) in [6.45, 7) is 1.07. The number of ether oxygens (including phenoxy) is 2. The molecule has 35 heavy (non-hydrogen) atoms. The van der Waals surface area contributed by atoms with E-state index in [1.54, 1.807) is 22.1 Å². The first-order valence-electron chi connectivity index (χ1n) is 10.6. The predicted octanol–water partition coefficient (Wildman–Crippen LogP) is 0.551. The molecule has 1 atom stereocenters. The normalized spacial score (nSPS) is 14.9. The number of H-pyrrole nitrogens is 1. The van der Waals surface area contributed by atoms with Crippen molar-refractivity contribution in [2.24, 2.45) is 0 Å². The second-order valence-electron chi connectivity index (χ2n) is 7.57. The number of amides is 1. The van der Waals surface area contributed by atoms with Crippen LogP contribution in [0.25, 0.3) is 0 Å². The SMILES string of the molecule is N#Cc1ccc(N2CCN(C(=O)CCOC[C@@H](CO)Oc3cn[nH]c(=O)c3C(F)(F)F)CC2)nc1. The first kappa shape index (κ1) is 25.9. The lowest BCUT2D eigenvalue weighted by Gasteiger charge is -2.35. The molecule has 0 aliphatic carbocycles. The Bertz CT molecular complexity index is 1090. The molecule has 1 saturated heterocycles. The Morgan fingerprint density at radius 3 is 2.60 bits per heavy atom. The fourth-order valence-corrected chi connectivity index (χ4v) is 3.40. The molecule has 0 aromatic carbocycles. The molecular formula is C21H23F3N6O5. The van der Waals surface area contributed by atoms with E-state index >= 15 is 0 Å². The van der Waals surface area contributed by atoms with Gasteiger partial charge >= 0.3 is 6.18 Å². The highest BCUT2D eigenvalue weighted by molar-refractivity contribution is 5.76. The van der Waals surface area contributed by atoms with Crippen molar-refractivity contribution in [1.82, 2.24) is 20.1 Å². The van der Waals surface area contributed by atoms with Gasteiger partial charge in [-0.25, -0.2) is 10.1 Å². The molecule has 1 aliphatic heterocycles. The van der Waals surface area contributed by atoms with E-state index in [-0.39, 0.29) is 25.5 Å². The molecule has 0 radical (unpaired) electrons. The fourth-order valence-electron chi connectivity index (χ4n) is 3.40. The van der Waals surface area contributed by atoms with Crippen LogP contribution in [0.3, 0.4) is 0 Å². The Balaban J connectivity index is 1.42. The lowest BCUT2D eigenvalue weighted by atomic mass is 10.2. The zero-order chi connectivity index (χ0) is 25.4. The molecule has 2 aromatic heterocycles. The highest BCUT2D eigenvalue weighted by atomic mass is 19.4. The van der Waals surface area contributed by atoms with Gasteiger partial charge in [-0.3, -0.25) is 9.59 Å². The maximum absolute atomic E-state index is 13.1. The summed E-state index contributed by atoms with van der Waals surface area (Å²) < 4.78 is 49.7. The highest BCUT2D eigenvalue weighted by Gasteiger charge is 2.38. The minimum Gasteiger partial charge on any atom is -0.483 e. The number of rotatable bonds is 9. The van der Waals surface area contributed by atoms with Gasteiger partial charge < -0.3 is 24.4 Å². The number of carbonyl (C=O) groups excluding carboxylic acids is 1. The van der Waals surface area contributed by atoms with Gasteiger partial charge in [-0.1, -0.05) is 0 Å². The van der Waals surface area contributed by atoms with Crippen LogP contribution in [-0.2, 0) is 15.7 Å². The molecular weight excluding hydrogens is 473 g/mol. The molecule has 11 nitrogen and oxygen atoms in total. The average molecular weight is 496 g/mol. The summed E-state index contributed by atoms with van der Waals surface area (Å²) in [6, 6.07) is 5.44. The summed E-state index contributed by atoms with van der Waals surface area (Å²) >= 11 is 0. The Kier molecular flexibility index (Phi) is 8.61. The van der Waals surface area contributed by atoms with Gasteiger partial charge in [-0.2, -0.15) is 23.5 Å². The number of aromatic nitrogens is 3. The van der Waals surface area contributed by atoms with Crippen molar-refractivity contribution in [2.75, 3.05) is 50.9 Å². The number of alkyl halides is 3. The first-order chi connectivity index (χ1) is 16.7. The Labute approximate surface area is 197 Å². The van der Waals surface area contributed by atoms with E-state index in [0.717, 1.165) is 5.82 Å². The van der Waals surface area contributed by atoms with Crippen molar-refractivity contribution in [3.63, 3.8) is 0 Å². The van der Waals surface area contributed by atoms with Gasteiger partial charge in [0.05, 0.1) is 38.0 Å². The quantitative estimate of drug-likeness (QED) is 0.476. The minimum atomic E-state index is -4.97. The van der Waals surface area contributed by atoms with Gasteiger partial charge in [0.2, 0.25) is 5.91 Å². The minimum absolute atomic E-state index is 0.0319. The van der Waals surface area contributed by atoms with Crippen LogP contribution in [0.2, 0.25) is 0 Å². The molecule has 3 rings (SSSR count). The molecule has 2 N–H and O–H groups in total. The van der Waals surface area contributed by atoms with Gasteiger partial charge in [-0.05, 0) is 12.1 Å². The van der Waals surface area contributed by atoms with Gasteiger partial charge in [0.1, 0.15) is 18.0 Å². The molecule has 0 bridgehead atoms. The number of hydrogen-bond acceptors (Lipinski definition) is 9. The third kappa shape index (κ3) is 6.90. The number of anilines is 1. The summed E-state index contributed by atoms with van der Waals surface area (Å²) in [4.78, 5) is 31.9. The number of aliphatic hydroxyl groups is 1. The van der Waals surface area contributed by atoms with E-state index in [0.29, 0.717) is 37.9 Å². The Morgan fingerprint density at radius 1 is 1.26 bits per heavy atom. The highest BCUT2D eigenvalue weighted by Crippen LogP contribution is 2.33. The Hall–Kier alpha value is -3.70. The van der Waals surface area contributed by atoms with Gasteiger partial charge in [0.25, 0.3) is 5.56 Å². The van der Waals surface area contributed by atoms with E-state index in [2.05, 4.69) is 10.1 Å². The zero-order valence-electron chi connectivity index (χ0n) is 18.5. The number of carbonyl (C=O) groups is 1. The largest absolute Gasteiger partial charge is 0.483 e. The monoisotopic (exact) mass is 496 g/mol. The number of nitriles is 1. The van der Waals surface area contributed by atoms with Crippen LogP contribution in [-0.4, -0.2) is 83.2 Å². The van der Waals surface area contributed by atoms with Crippen LogP contribution < -0.4 is 15.2 Å².